The van der Waals surface area contributed by atoms with Gasteiger partial charge in [-0.3, -0.25) is 4.57 Å². The summed E-state index contributed by atoms with van der Waals surface area (Å²) in [4.78, 5) is 0. The number of halogens is 1. The van der Waals surface area contributed by atoms with Crippen molar-refractivity contribution in [3.8, 4) is 0 Å². The van der Waals surface area contributed by atoms with Crippen LogP contribution in [0.4, 0.5) is 0 Å². The third-order valence-electron chi connectivity index (χ3n) is 2.99. The summed E-state index contributed by atoms with van der Waals surface area (Å²) < 4.78 is 1.98. The van der Waals surface area contributed by atoms with Crippen LogP contribution >= 0.6 is 11.6 Å². The zero-order valence-corrected chi connectivity index (χ0v) is 11.1. The molecule has 17 heavy (non-hydrogen) atoms. The fraction of sp³-hybridized carbons (Fsp3) is 0.385. The lowest BCUT2D eigenvalue weighted by atomic mass is 10.1. The Labute approximate surface area is 106 Å². The minimum Gasteiger partial charge on any atom is -0.294 e. The molecule has 90 valence electrons. The molecule has 0 bridgehead atoms. The fourth-order valence-corrected chi connectivity index (χ4v) is 2.20. The van der Waals surface area contributed by atoms with Crippen LogP contribution in [0.3, 0.4) is 0 Å². The molecule has 0 aliphatic carbocycles. The quantitative estimate of drug-likeness (QED) is 0.835. The number of nitrogens with zero attached hydrogens (tertiary/aromatic N) is 3. The second-order valence-electron chi connectivity index (χ2n) is 4.20. The first-order valence-corrected chi connectivity index (χ1v) is 6.17. The van der Waals surface area contributed by atoms with Crippen LogP contribution in [0, 0.1) is 6.92 Å². The van der Waals surface area contributed by atoms with Gasteiger partial charge >= 0.3 is 0 Å². The van der Waals surface area contributed by atoms with Crippen LogP contribution in [0.25, 0.3) is 0 Å². The zero-order valence-electron chi connectivity index (χ0n) is 10.3. The maximum absolute atomic E-state index is 6.09. The fourth-order valence-electron chi connectivity index (χ4n) is 1.92. The van der Waals surface area contributed by atoms with Crippen LogP contribution in [0.1, 0.15) is 36.8 Å². The summed E-state index contributed by atoms with van der Waals surface area (Å²) >= 11 is 6.09. The first-order valence-electron chi connectivity index (χ1n) is 5.79. The minimum absolute atomic E-state index is 0.160. The highest BCUT2D eigenvalue weighted by molar-refractivity contribution is 6.28. The molecule has 0 spiro atoms. The number of aromatic nitrogens is 3. The smallest absolute Gasteiger partial charge is 0.225 e. The maximum atomic E-state index is 6.09. The lowest BCUT2D eigenvalue weighted by Gasteiger charge is -2.16. The molecule has 1 atom stereocenters. The van der Waals surface area contributed by atoms with Crippen molar-refractivity contribution < 1.29 is 0 Å². The van der Waals surface area contributed by atoms with E-state index >= 15 is 0 Å². The van der Waals surface area contributed by atoms with Gasteiger partial charge in [-0.2, -0.15) is 0 Å². The van der Waals surface area contributed by atoms with E-state index in [9.17, 15) is 0 Å². The average molecular weight is 250 g/mol. The van der Waals surface area contributed by atoms with Gasteiger partial charge in [-0.15, -0.1) is 10.2 Å². The van der Waals surface area contributed by atoms with E-state index in [1.54, 1.807) is 0 Å². The average Bonchev–Trinajstić information content (AvgIpc) is 2.70. The molecule has 1 heterocycles. The Kier molecular flexibility index (Phi) is 3.48. The summed E-state index contributed by atoms with van der Waals surface area (Å²) in [5, 5.41) is 8.46. The molecule has 1 unspecified atom stereocenters. The summed E-state index contributed by atoms with van der Waals surface area (Å²) in [5.41, 5.74) is 2.47. The molecule has 0 fully saturated rings. The van der Waals surface area contributed by atoms with Crippen molar-refractivity contribution in [1.82, 2.24) is 14.8 Å². The first kappa shape index (κ1) is 12.1. The van der Waals surface area contributed by atoms with Gasteiger partial charge in [-0.05, 0) is 31.0 Å². The molecule has 0 radical (unpaired) electrons. The van der Waals surface area contributed by atoms with Gasteiger partial charge in [0.2, 0.25) is 5.28 Å². The molecule has 0 amide bonds. The van der Waals surface area contributed by atoms with E-state index < -0.39 is 0 Å². The van der Waals surface area contributed by atoms with Gasteiger partial charge in [-0.1, -0.05) is 36.8 Å². The van der Waals surface area contributed by atoms with E-state index in [1.165, 1.54) is 11.1 Å². The second kappa shape index (κ2) is 4.88. The Morgan fingerprint density at radius 3 is 2.47 bits per heavy atom. The third-order valence-corrected chi connectivity index (χ3v) is 3.25. The number of rotatable bonds is 3. The van der Waals surface area contributed by atoms with Crippen molar-refractivity contribution in [3.05, 3.63) is 46.5 Å². The predicted molar refractivity (Wildman–Crippen MR) is 69.4 cm³/mol. The topological polar surface area (TPSA) is 30.7 Å². The van der Waals surface area contributed by atoms with Gasteiger partial charge in [-0.25, -0.2) is 0 Å². The van der Waals surface area contributed by atoms with Crippen LogP contribution in [0.2, 0.25) is 5.28 Å². The summed E-state index contributed by atoms with van der Waals surface area (Å²) in [6.07, 6.45) is 0.829. The Hall–Kier alpha value is -1.35. The van der Waals surface area contributed by atoms with E-state index in [2.05, 4.69) is 55.2 Å². The van der Waals surface area contributed by atoms with E-state index in [-0.39, 0.29) is 6.04 Å². The zero-order chi connectivity index (χ0) is 12.4. The monoisotopic (exact) mass is 249 g/mol. The lowest BCUT2D eigenvalue weighted by molar-refractivity contribution is 0.605. The SMILES string of the molecule is CCc1nnc(Cl)n1C(C)c1ccc(C)cc1. The van der Waals surface area contributed by atoms with Crippen LogP contribution < -0.4 is 0 Å². The maximum Gasteiger partial charge on any atom is 0.225 e. The molecule has 1 aromatic carbocycles. The van der Waals surface area contributed by atoms with E-state index in [0.717, 1.165) is 12.2 Å². The third kappa shape index (κ3) is 2.34. The van der Waals surface area contributed by atoms with Crippen molar-refractivity contribution in [2.45, 2.75) is 33.2 Å². The molecule has 2 rings (SSSR count). The highest BCUT2D eigenvalue weighted by atomic mass is 35.5. The van der Waals surface area contributed by atoms with Crippen molar-refractivity contribution in [2.24, 2.45) is 0 Å². The molecule has 0 saturated heterocycles. The number of hydrogen-bond donors (Lipinski definition) is 0. The Bertz CT molecular complexity index is 502. The van der Waals surface area contributed by atoms with Gasteiger partial charge in [0.1, 0.15) is 5.82 Å². The molecule has 4 heteroatoms. The molecule has 0 aliphatic rings. The summed E-state index contributed by atoms with van der Waals surface area (Å²) in [6, 6.07) is 8.62. The van der Waals surface area contributed by atoms with Crippen LogP contribution in [-0.2, 0) is 6.42 Å². The summed E-state index contributed by atoms with van der Waals surface area (Å²) in [5.74, 6) is 0.920. The van der Waals surface area contributed by atoms with E-state index in [0.29, 0.717) is 5.28 Å². The number of hydrogen-bond acceptors (Lipinski definition) is 2. The molecule has 1 aromatic heterocycles. The minimum atomic E-state index is 0.160. The molecular formula is C13H16ClN3. The van der Waals surface area contributed by atoms with Gasteiger partial charge in [0.05, 0.1) is 6.04 Å². The standard InChI is InChI=1S/C13H16ClN3/c1-4-12-15-16-13(14)17(12)10(3)11-7-5-9(2)6-8-11/h5-8,10H,4H2,1-3H3. The normalized spacial score (nSPS) is 12.7. The second-order valence-corrected chi connectivity index (χ2v) is 4.53. The molecular weight excluding hydrogens is 234 g/mol. The van der Waals surface area contributed by atoms with Crippen molar-refractivity contribution in [1.29, 1.82) is 0 Å². The lowest BCUT2D eigenvalue weighted by Crippen LogP contribution is -2.10. The van der Waals surface area contributed by atoms with Gasteiger partial charge in [0, 0.05) is 6.42 Å². The van der Waals surface area contributed by atoms with Gasteiger partial charge < -0.3 is 0 Å². The molecule has 2 aromatic rings. The molecule has 0 aliphatic heterocycles. The molecule has 3 nitrogen and oxygen atoms in total. The summed E-state index contributed by atoms with van der Waals surface area (Å²) in [6.45, 7) is 6.25. The Morgan fingerprint density at radius 2 is 1.88 bits per heavy atom. The highest BCUT2D eigenvalue weighted by Crippen LogP contribution is 2.23. The molecule has 0 saturated carbocycles. The summed E-state index contributed by atoms with van der Waals surface area (Å²) in [7, 11) is 0. The first-order chi connectivity index (χ1) is 8.13. The van der Waals surface area contributed by atoms with Crippen molar-refractivity contribution >= 4 is 11.6 Å². The van der Waals surface area contributed by atoms with Gasteiger partial charge in [0.15, 0.2) is 0 Å². The van der Waals surface area contributed by atoms with Gasteiger partial charge in [0.25, 0.3) is 0 Å². The van der Waals surface area contributed by atoms with Crippen LogP contribution in [-0.4, -0.2) is 14.8 Å². The van der Waals surface area contributed by atoms with Crippen LogP contribution in [0.15, 0.2) is 24.3 Å². The van der Waals surface area contributed by atoms with Crippen molar-refractivity contribution in [3.63, 3.8) is 0 Å². The number of aryl methyl sites for hydroxylation is 2. The molecule has 0 N–H and O–H groups in total. The Morgan fingerprint density at radius 1 is 1.24 bits per heavy atom. The Balaban J connectivity index is 2.39. The predicted octanol–water partition coefficient (Wildman–Crippen LogP) is 3.41. The van der Waals surface area contributed by atoms with E-state index in [1.807, 2.05) is 4.57 Å². The van der Waals surface area contributed by atoms with E-state index in [4.69, 9.17) is 11.6 Å². The van der Waals surface area contributed by atoms with Crippen molar-refractivity contribution in [2.75, 3.05) is 0 Å². The largest absolute Gasteiger partial charge is 0.294 e. The van der Waals surface area contributed by atoms with Crippen LogP contribution in [0.5, 0.6) is 0 Å². The highest BCUT2D eigenvalue weighted by Gasteiger charge is 2.16. The number of benzene rings is 1.